The summed E-state index contributed by atoms with van der Waals surface area (Å²) in [5.74, 6) is 0.0820. The minimum atomic E-state index is -4.58. The molecule has 3 aromatic carbocycles. The van der Waals surface area contributed by atoms with Gasteiger partial charge in [0.25, 0.3) is 0 Å². The van der Waals surface area contributed by atoms with Crippen LogP contribution in [0, 0.1) is 0 Å². The molecule has 2 atom stereocenters. The van der Waals surface area contributed by atoms with Gasteiger partial charge >= 0.3 is 12.2 Å². The van der Waals surface area contributed by atoms with Gasteiger partial charge < -0.3 is 15.0 Å². The smallest absolute Gasteiger partial charge is 0.422 e. The summed E-state index contributed by atoms with van der Waals surface area (Å²) in [5, 5.41) is 3.84. The summed E-state index contributed by atoms with van der Waals surface area (Å²) in [6.07, 6.45) is -4.58. The molecule has 1 saturated heterocycles. The molecule has 1 N–H and O–H groups in total. The first-order chi connectivity index (χ1) is 23.1. The van der Waals surface area contributed by atoms with Crippen molar-refractivity contribution in [2.75, 3.05) is 45.9 Å². The Morgan fingerprint density at radius 2 is 1.48 bits per heavy atom. The molecule has 8 nitrogen and oxygen atoms in total. The zero-order valence-electron chi connectivity index (χ0n) is 28.3. The van der Waals surface area contributed by atoms with E-state index in [4.69, 9.17) is 32.9 Å². The van der Waals surface area contributed by atoms with Crippen molar-refractivity contribution in [2.45, 2.75) is 51.4 Å². The first-order valence-electron chi connectivity index (χ1n) is 16.1. The zero-order valence-corrected chi connectivity index (χ0v) is 30.6. The highest BCUT2D eigenvalue weighted by atomic mass is 35.5. The molecule has 1 fully saturated rings. The van der Waals surface area contributed by atoms with Crippen molar-refractivity contribution in [3.8, 4) is 5.75 Å². The average Bonchev–Trinajstić information content (AvgIpc) is 3.43. The number of amidine groups is 1. The Morgan fingerprint density at radius 3 is 2.02 bits per heavy atom. The van der Waals surface area contributed by atoms with Crippen LogP contribution in [0.2, 0.25) is 10.0 Å². The van der Waals surface area contributed by atoms with E-state index < -0.39 is 24.9 Å². The quantitative estimate of drug-likeness (QED) is 0.253. The van der Waals surface area contributed by atoms with Crippen LogP contribution < -0.4 is 10.1 Å². The Labute approximate surface area is 307 Å². The minimum Gasteiger partial charge on any atom is -0.483 e. The molecule has 0 radical (unpaired) electrons. The molecule has 270 valence electrons. The summed E-state index contributed by atoms with van der Waals surface area (Å²) >= 11 is 12.5. The summed E-state index contributed by atoms with van der Waals surface area (Å²) in [5.41, 5.74) is 2.16. The largest absolute Gasteiger partial charge is 0.483 e. The molecule has 0 spiro atoms. The van der Waals surface area contributed by atoms with E-state index in [2.05, 4.69) is 10.2 Å². The van der Waals surface area contributed by atoms with E-state index in [1.54, 1.807) is 46.2 Å². The highest BCUT2D eigenvalue weighted by Gasteiger charge is 2.45. The maximum atomic E-state index is 14.8. The Balaban J connectivity index is 0.00000562. The summed E-state index contributed by atoms with van der Waals surface area (Å²) in [4.78, 5) is 36.7. The summed E-state index contributed by atoms with van der Waals surface area (Å²) in [6.45, 7) is 8.96. The predicted octanol–water partition coefficient (Wildman–Crippen LogP) is 8.07. The van der Waals surface area contributed by atoms with Crippen molar-refractivity contribution in [2.24, 2.45) is 4.99 Å². The molecule has 0 saturated carbocycles. The number of piperazine rings is 1. The predicted molar refractivity (Wildman–Crippen MR) is 193 cm³/mol. The average molecular weight is 755 g/mol. The van der Waals surface area contributed by atoms with Crippen LogP contribution in [0.1, 0.15) is 62.0 Å². The lowest BCUT2D eigenvalue weighted by atomic mass is 9.86. The highest BCUT2D eigenvalue weighted by molar-refractivity contribution is 6.30. The highest BCUT2D eigenvalue weighted by Crippen LogP contribution is 2.46. The van der Waals surface area contributed by atoms with Gasteiger partial charge in [-0.2, -0.15) is 13.2 Å². The number of alkyl halides is 3. The Bertz CT molecular complexity index is 1670. The number of halogens is 6. The normalized spacial score (nSPS) is 18.4. The number of carbonyl (C=O) groups is 2. The van der Waals surface area contributed by atoms with Crippen molar-refractivity contribution in [1.29, 1.82) is 0 Å². The van der Waals surface area contributed by atoms with Crippen molar-refractivity contribution in [3.63, 3.8) is 0 Å². The number of hydrogen-bond donors (Lipinski definition) is 1. The van der Waals surface area contributed by atoms with Crippen LogP contribution in [-0.4, -0.2) is 84.5 Å². The maximum Gasteiger partial charge on any atom is 0.422 e. The van der Waals surface area contributed by atoms with E-state index in [-0.39, 0.29) is 46.9 Å². The third kappa shape index (κ3) is 9.63. The third-order valence-corrected chi connectivity index (χ3v) is 9.12. The second kappa shape index (κ2) is 16.2. The monoisotopic (exact) mass is 753 g/mol. The number of ether oxygens (including phenoxy) is 1. The lowest BCUT2D eigenvalue weighted by Crippen LogP contribution is -2.54. The van der Waals surface area contributed by atoms with Crippen molar-refractivity contribution < 1.29 is 27.5 Å². The second-order valence-electron chi connectivity index (χ2n) is 13.3. The van der Waals surface area contributed by atoms with Crippen LogP contribution >= 0.6 is 35.6 Å². The zero-order chi connectivity index (χ0) is 35.5. The van der Waals surface area contributed by atoms with Crippen LogP contribution in [0.25, 0.3) is 0 Å². The molecule has 0 unspecified atom stereocenters. The van der Waals surface area contributed by atoms with Crippen LogP contribution in [0.5, 0.6) is 5.75 Å². The van der Waals surface area contributed by atoms with Crippen LogP contribution in [-0.2, 0) is 10.2 Å². The molecule has 14 heteroatoms. The van der Waals surface area contributed by atoms with E-state index in [1.807, 2.05) is 51.1 Å². The molecule has 2 heterocycles. The van der Waals surface area contributed by atoms with Gasteiger partial charge in [-0.15, -0.1) is 12.4 Å². The lowest BCUT2D eigenvalue weighted by molar-refractivity contribution is -0.153. The molecule has 50 heavy (non-hydrogen) atoms. The van der Waals surface area contributed by atoms with Gasteiger partial charge in [-0.3, -0.25) is 19.6 Å². The van der Waals surface area contributed by atoms with Gasteiger partial charge in [0.15, 0.2) is 6.61 Å². The number of urea groups is 1. The second-order valence-corrected chi connectivity index (χ2v) is 14.1. The van der Waals surface area contributed by atoms with Gasteiger partial charge in [0.2, 0.25) is 5.91 Å². The van der Waals surface area contributed by atoms with Crippen LogP contribution in [0.3, 0.4) is 0 Å². The number of carbonyl (C=O) groups excluding carboxylic acids is 2. The molecule has 3 amide bonds. The SMILES string of the molecule is CC(=O)NCCN1CCN(C(=O)N2C(c3ccc(C(C)(C)C)cc3OCC(F)(F)F)=N[C@@H](c3ccc(Cl)cc3)[C@H]2c2ccc(Cl)cc2)CC1.Cl. The van der Waals surface area contributed by atoms with Gasteiger partial charge in [0.05, 0.1) is 11.6 Å². The Kier molecular flexibility index (Phi) is 12.7. The van der Waals surface area contributed by atoms with E-state index in [1.165, 1.54) is 6.92 Å². The Hall–Kier alpha value is -3.51. The first-order valence-corrected chi connectivity index (χ1v) is 16.8. The third-order valence-electron chi connectivity index (χ3n) is 8.62. The number of rotatable bonds is 8. The Morgan fingerprint density at radius 1 is 0.900 bits per heavy atom. The topological polar surface area (TPSA) is 77.5 Å². The van der Waals surface area contributed by atoms with Gasteiger partial charge in [-0.05, 0) is 58.5 Å². The fourth-order valence-electron chi connectivity index (χ4n) is 6.01. The molecule has 3 aromatic rings. The lowest BCUT2D eigenvalue weighted by Gasteiger charge is -2.39. The van der Waals surface area contributed by atoms with Crippen molar-refractivity contribution >= 4 is 53.4 Å². The molecule has 2 aliphatic rings. The van der Waals surface area contributed by atoms with Gasteiger partial charge in [-0.25, -0.2) is 4.79 Å². The summed E-state index contributed by atoms with van der Waals surface area (Å²) in [7, 11) is 0. The summed E-state index contributed by atoms with van der Waals surface area (Å²) in [6, 6.07) is 17.8. The molecule has 0 aliphatic carbocycles. The molecule has 0 bridgehead atoms. The van der Waals surface area contributed by atoms with E-state index >= 15 is 0 Å². The molecular formula is C36H41Cl3F3N5O3. The van der Waals surface area contributed by atoms with Crippen molar-refractivity contribution in [1.82, 2.24) is 20.0 Å². The summed E-state index contributed by atoms with van der Waals surface area (Å²) < 4.78 is 46.1. The molecule has 0 aromatic heterocycles. The minimum absolute atomic E-state index is 0. The molecule has 5 rings (SSSR count). The number of nitrogens with zero attached hydrogens (tertiary/aromatic N) is 4. The van der Waals surface area contributed by atoms with E-state index in [0.29, 0.717) is 49.3 Å². The standard InChI is InChI=1S/C36H40Cl2F3N5O3.ClH/c1-23(47)42-15-16-44-17-19-45(20-18-44)34(48)46-32(25-7-12-28(38)13-8-25)31(24-5-10-27(37)11-6-24)43-33(46)29-14-9-26(35(2,3)4)21-30(29)49-22-36(39,40)41;/h5-14,21,31-32H,15-20,22H2,1-4H3,(H,42,47);1H/t31-,32+;/m0./s1. The van der Waals surface area contributed by atoms with E-state index in [9.17, 15) is 22.8 Å². The number of amides is 3. The first kappa shape index (κ1) is 39.3. The van der Waals surface area contributed by atoms with E-state index in [0.717, 1.165) is 16.7 Å². The number of hydrogen-bond acceptors (Lipinski definition) is 5. The molecular weight excluding hydrogens is 714 g/mol. The maximum absolute atomic E-state index is 14.8. The fraction of sp³-hybridized carbons (Fsp3) is 0.417. The van der Waals surface area contributed by atoms with Crippen LogP contribution in [0.4, 0.5) is 18.0 Å². The van der Waals surface area contributed by atoms with Gasteiger partial charge in [0.1, 0.15) is 17.6 Å². The van der Waals surface area contributed by atoms with Crippen LogP contribution in [0.15, 0.2) is 71.7 Å². The number of nitrogens with one attached hydrogen (secondary N) is 1. The van der Waals surface area contributed by atoms with Gasteiger partial charge in [0, 0.05) is 56.2 Å². The molecule has 2 aliphatic heterocycles. The number of benzene rings is 3. The fourth-order valence-corrected chi connectivity index (χ4v) is 6.26. The number of aliphatic imine (C=N–C) groups is 1. The van der Waals surface area contributed by atoms with Gasteiger partial charge in [-0.1, -0.05) is 74.3 Å². The van der Waals surface area contributed by atoms with Crippen molar-refractivity contribution in [3.05, 3.63) is 99.0 Å².